The van der Waals surface area contributed by atoms with Crippen molar-refractivity contribution in [2.24, 2.45) is 0 Å². The summed E-state index contributed by atoms with van der Waals surface area (Å²) in [5, 5.41) is 8.94. The maximum Gasteiger partial charge on any atom is 0.152 e. The van der Waals surface area contributed by atoms with Gasteiger partial charge >= 0.3 is 0 Å². The Kier molecular flexibility index (Phi) is 4.78. The molecule has 0 amide bonds. The number of carbonyl (C=O) groups is 1. The SMILES string of the molecule is O=Cc1cc(Br)ccc1N1CCCC1CCCO. The Morgan fingerprint density at radius 2 is 2.33 bits per heavy atom. The second-order valence-electron chi connectivity index (χ2n) is 4.68. The van der Waals surface area contributed by atoms with Crippen molar-refractivity contribution in [1.82, 2.24) is 0 Å². The van der Waals surface area contributed by atoms with Crippen molar-refractivity contribution in [2.45, 2.75) is 31.7 Å². The molecule has 4 heteroatoms. The van der Waals surface area contributed by atoms with E-state index in [2.05, 4.69) is 20.8 Å². The number of aldehydes is 1. The van der Waals surface area contributed by atoms with Crippen LogP contribution < -0.4 is 4.90 Å². The van der Waals surface area contributed by atoms with E-state index in [-0.39, 0.29) is 6.61 Å². The third-order valence-corrected chi connectivity index (χ3v) is 3.99. The summed E-state index contributed by atoms with van der Waals surface area (Å²) in [6.07, 6.45) is 5.04. The number of hydrogen-bond acceptors (Lipinski definition) is 3. The molecule has 1 heterocycles. The van der Waals surface area contributed by atoms with Crippen LogP contribution >= 0.6 is 15.9 Å². The molecule has 3 nitrogen and oxygen atoms in total. The van der Waals surface area contributed by atoms with Crippen molar-refractivity contribution in [3.63, 3.8) is 0 Å². The minimum atomic E-state index is 0.241. The van der Waals surface area contributed by atoms with Crippen LogP contribution in [0.2, 0.25) is 0 Å². The average Bonchev–Trinajstić information content (AvgIpc) is 2.84. The Hall–Kier alpha value is -0.870. The van der Waals surface area contributed by atoms with Gasteiger partial charge in [-0.1, -0.05) is 15.9 Å². The summed E-state index contributed by atoms with van der Waals surface area (Å²) in [4.78, 5) is 13.5. The molecule has 0 saturated carbocycles. The highest BCUT2D eigenvalue weighted by Gasteiger charge is 2.25. The van der Waals surface area contributed by atoms with E-state index < -0.39 is 0 Å². The third-order valence-electron chi connectivity index (χ3n) is 3.50. The van der Waals surface area contributed by atoms with Gasteiger partial charge < -0.3 is 10.0 Å². The first-order chi connectivity index (χ1) is 8.76. The zero-order valence-electron chi connectivity index (χ0n) is 10.3. The number of benzene rings is 1. The third kappa shape index (κ3) is 2.93. The van der Waals surface area contributed by atoms with Crippen LogP contribution in [0.1, 0.15) is 36.0 Å². The molecule has 0 bridgehead atoms. The van der Waals surface area contributed by atoms with Gasteiger partial charge in [-0.15, -0.1) is 0 Å². The molecule has 1 saturated heterocycles. The average molecular weight is 312 g/mol. The number of rotatable bonds is 5. The lowest BCUT2D eigenvalue weighted by Gasteiger charge is -2.28. The molecule has 0 aromatic heterocycles. The molecule has 1 atom stereocenters. The van der Waals surface area contributed by atoms with Crippen molar-refractivity contribution in [3.8, 4) is 0 Å². The molecule has 1 fully saturated rings. The van der Waals surface area contributed by atoms with Gasteiger partial charge in [0.1, 0.15) is 0 Å². The first kappa shape index (κ1) is 13.6. The Morgan fingerprint density at radius 1 is 1.50 bits per heavy atom. The highest BCUT2D eigenvalue weighted by Crippen LogP contribution is 2.31. The van der Waals surface area contributed by atoms with Crippen LogP contribution in [0.15, 0.2) is 22.7 Å². The summed E-state index contributed by atoms with van der Waals surface area (Å²) in [5.41, 5.74) is 1.76. The number of carbonyl (C=O) groups excluding carboxylic acids is 1. The van der Waals surface area contributed by atoms with Gasteiger partial charge in [-0.2, -0.15) is 0 Å². The van der Waals surface area contributed by atoms with E-state index in [1.165, 1.54) is 0 Å². The van der Waals surface area contributed by atoms with Crippen LogP contribution in [-0.4, -0.2) is 30.6 Å². The number of aliphatic hydroxyl groups excluding tert-OH is 1. The van der Waals surface area contributed by atoms with Gasteiger partial charge in [0.2, 0.25) is 0 Å². The number of hydrogen-bond donors (Lipinski definition) is 1. The second-order valence-corrected chi connectivity index (χ2v) is 5.59. The minimum Gasteiger partial charge on any atom is -0.396 e. The molecule has 1 aromatic carbocycles. The van der Waals surface area contributed by atoms with Crippen LogP contribution in [0.3, 0.4) is 0 Å². The molecule has 2 rings (SSSR count). The second kappa shape index (κ2) is 6.34. The predicted molar refractivity (Wildman–Crippen MR) is 76.2 cm³/mol. The Morgan fingerprint density at radius 3 is 3.06 bits per heavy atom. The van der Waals surface area contributed by atoms with E-state index in [1.54, 1.807) is 0 Å². The zero-order valence-corrected chi connectivity index (χ0v) is 11.9. The van der Waals surface area contributed by atoms with E-state index in [0.717, 1.165) is 54.2 Å². The monoisotopic (exact) mass is 311 g/mol. The van der Waals surface area contributed by atoms with Crippen LogP contribution in [0.4, 0.5) is 5.69 Å². The molecular formula is C14H18BrNO2. The van der Waals surface area contributed by atoms with E-state index in [0.29, 0.717) is 6.04 Å². The van der Waals surface area contributed by atoms with Crippen molar-refractivity contribution in [2.75, 3.05) is 18.1 Å². The van der Waals surface area contributed by atoms with Crippen molar-refractivity contribution < 1.29 is 9.90 Å². The summed E-state index contributed by atoms with van der Waals surface area (Å²) >= 11 is 3.39. The quantitative estimate of drug-likeness (QED) is 0.850. The summed E-state index contributed by atoms with van der Waals surface area (Å²) in [6.45, 7) is 1.24. The zero-order chi connectivity index (χ0) is 13.0. The molecule has 1 aromatic rings. The Labute approximate surface area is 116 Å². The number of nitrogens with zero attached hydrogens (tertiary/aromatic N) is 1. The summed E-state index contributed by atoms with van der Waals surface area (Å²) in [5.74, 6) is 0. The molecule has 1 aliphatic heterocycles. The van der Waals surface area contributed by atoms with Gasteiger partial charge in [-0.3, -0.25) is 4.79 Å². The van der Waals surface area contributed by atoms with E-state index in [9.17, 15) is 4.79 Å². The van der Waals surface area contributed by atoms with Gasteiger partial charge in [-0.05, 0) is 43.9 Å². The number of aliphatic hydroxyl groups is 1. The van der Waals surface area contributed by atoms with Gasteiger partial charge in [-0.25, -0.2) is 0 Å². The largest absolute Gasteiger partial charge is 0.396 e. The summed E-state index contributed by atoms with van der Waals surface area (Å²) in [6, 6.07) is 6.30. The van der Waals surface area contributed by atoms with E-state index in [4.69, 9.17) is 5.11 Å². The van der Waals surface area contributed by atoms with Gasteiger partial charge in [0, 0.05) is 34.9 Å². The topological polar surface area (TPSA) is 40.5 Å². The fourth-order valence-electron chi connectivity index (χ4n) is 2.66. The van der Waals surface area contributed by atoms with Gasteiger partial charge in [0.25, 0.3) is 0 Å². The highest BCUT2D eigenvalue weighted by molar-refractivity contribution is 9.10. The van der Waals surface area contributed by atoms with Crippen LogP contribution in [0, 0.1) is 0 Å². The van der Waals surface area contributed by atoms with Crippen LogP contribution in [-0.2, 0) is 0 Å². The van der Waals surface area contributed by atoms with Crippen LogP contribution in [0.5, 0.6) is 0 Å². The molecule has 1 N–H and O–H groups in total. The Bertz CT molecular complexity index is 422. The van der Waals surface area contributed by atoms with Crippen molar-refractivity contribution >= 4 is 27.9 Å². The van der Waals surface area contributed by atoms with Gasteiger partial charge in [0.15, 0.2) is 6.29 Å². The molecular weight excluding hydrogens is 294 g/mol. The maximum absolute atomic E-state index is 11.2. The molecule has 1 unspecified atom stereocenters. The van der Waals surface area contributed by atoms with Gasteiger partial charge in [0.05, 0.1) is 0 Å². The lowest BCUT2D eigenvalue weighted by Crippen LogP contribution is -2.30. The van der Waals surface area contributed by atoms with E-state index in [1.807, 2.05) is 18.2 Å². The molecule has 18 heavy (non-hydrogen) atoms. The summed E-state index contributed by atoms with van der Waals surface area (Å²) in [7, 11) is 0. The standard InChI is InChI=1S/C14H18BrNO2/c15-12-5-6-14(11(9-12)10-18)16-7-1-3-13(16)4-2-8-17/h5-6,9-10,13,17H,1-4,7-8H2. The van der Waals surface area contributed by atoms with Crippen LogP contribution in [0.25, 0.3) is 0 Å². The predicted octanol–water partition coefficient (Wildman–Crippen LogP) is 3.00. The highest BCUT2D eigenvalue weighted by atomic mass is 79.9. The van der Waals surface area contributed by atoms with Crippen molar-refractivity contribution in [1.29, 1.82) is 0 Å². The molecule has 0 radical (unpaired) electrons. The number of anilines is 1. The minimum absolute atomic E-state index is 0.241. The fraction of sp³-hybridized carbons (Fsp3) is 0.500. The first-order valence-corrected chi connectivity index (χ1v) is 7.18. The smallest absolute Gasteiger partial charge is 0.152 e. The molecule has 1 aliphatic rings. The van der Waals surface area contributed by atoms with Crippen molar-refractivity contribution in [3.05, 3.63) is 28.2 Å². The maximum atomic E-state index is 11.2. The van der Waals surface area contributed by atoms with E-state index >= 15 is 0 Å². The Balaban J connectivity index is 2.21. The molecule has 0 spiro atoms. The fourth-order valence-corrected chi connectivity index (χ4v) is 3.04. The normalized spacial score (nSPS) is 19.2. The molecule has 98 valence electrons. The lowest BCUT2D eigenvalue weighted by atomic mass is 10.1. The summed E-state index contributed by atoms with van der Waals surface area (Å²) < 4.78 is 0.930. The lowest BCUT2D eigenvalue weighted by molar-refractivity contribution is 0.112. The molecule has 0 aliphatic carbocycles. The first-order valence-electron chi connectivity index (χ1n) is 6.38. The number of halogens is 1.